The van der Waals surface area contributed by atoms with Gasteiger partial charge in [-0.05, 0) is 12.1 Å². The summed E-state index contributed by atoms with van der Waals surface area (Å²) in [6, 6.07) is 5.98. The largest absolute Gasteiger partial charge is 0.529 e. The number of phosphoric acid groups is 1. The van der Waals surface area contributed by atoms with Crippen LogP contribution in [0.3, 0.4) is 0 Å². The molecule has 1 aromatic rings. The van der Waals surface area contributed by atoms with E-state index in [1.54, 1.807) is 12.1 Å². The zero-order valence-corrected chi connectivity index (χ0v) is 14.3. The number of carbonyl (C=O) groups excluding carboxylic acids is 2. The molecule has 1 aromatic carbocycles. The summed E-state index contributed by atoms with van der Waals surface area (Å²) in [5.41, 5.74) is 0.0569. The molecule has 2 N–H and O–H groups in total. The molecule has 1 saturated heterocycles. The zero-order valence-electron chi connectivity index (χ0n) is 13.4. The lowest BCUT2D eigenvalue weighted by Gasteiger charge is -2.19. The first-order valence-electron chi connectivity index (χ1n) is 7.29. The Hall–Kier alpha value is -2.03. The molecule has 10 heteroatoms. The van der Waals surface area contributed by atoms with Crippen LogP contribution in [0.25, 0.3) is 0 Å². The van der Waals surface area contributed by atoms with Crippen molar-refractivity contribution in [2.45, 2.75) is 18.3 Å². The van der Waals surface area contributed by atoms with Crippen molar-refractivity contribution >= 4 is 19.5 Å². The van der Waals surface area contributed by atoms with Gasteiger partial charge in [-0.1, -0.05) is 12.1 Å². The minimum Gasteiger partial charge on any atom is -0.403 e. The third-order valence-corrected chi connectivity index (χ3v) is 5.10. The molecule has 1 heterocycles. The number of ether oxygens (including phenoxy) is 1. The lowest BCUT2D eigenvalue weighted by Crippen LogP contribution is -2.37. The average Bonchev–Trinajstić information content (AvgIpc) is 3.41. The van der Waals surface area contributed by atoms with Crippen molar-refractivity contribution in [2.75, 3.05) is 14.2 Å². The number of phosphoric ester groups is 1. The molecule has 1 aliphatic carbocycles. The Morgan fingerprint density at radius 2 is 1.96 bits per heavy atom. The number of fused-ring (bicyclic) bond motifs is 1. The number of rotatable bonds is 6. The van der Waals surface area contributed by atoms with Gasteiger partial charge in [-0.25, -0.2) is 4.57 Å². The maximum Gasteiger partial charge on any atom is 0.529 e. The van der Waals surface area contributed by atoms with Gasteiger partial charge in [0.25, 0.3) is 5.91 Å². The molecule has 3 unspecified atom stereocenters. The number of aliphatic hydroxyl groups is 1. The highest BCUT2D eigenvalue weighted by Gasteiger charge is 2.53. The fraction of sp³-hybridized carbons (Fsp3) is 0.333. The smallest absolute Gasteiger partial charge is 0.403 e. The zero-order chi connectivity index (χ0) is 18.2. The van der Waals surface area contributed by atoms with Crippen LogP contribution < -0.4 is 9.84 Å². The summed E-state index contributed by atoms with van der Waals surface area (Å²) < 4.78 is 31.7. The van der Waals surface area contributed by atoms with E-state index in [0.29, 0.717) is 0 Å². The van der Waals surface area contributed by atoms with Gasteiger partial charge in [0.15, 0.2) is 5.78 Å². The topological polar surface area (TPSA) is 124 Å². The first kappa shape index (κ1) is 17.8. The molecule has 2 aliphatic rings. The Kier molecular flexibility index (Phi) is 4.77. The molecule has 9 nitrogen and oxygen atoms in total. The summed E-state index contributed by atoms with van der Waals surface area (Å²) in [4.78, 5) is 24.2. The Morgan fingerprint density at radius 1 is 1.28 bits per heavy atom. The molecule has 25 heavy (non-hydrogen) atoms. The number of nitrogens with one attached hydrogen (secondary N) is 1. The highest BCUT2D eigenvalue weighted by Crippen LogP contribution is 2.48. The van der Waals surface area contributed by atoms with E-state index in [-0.39, 0.29) is 22.8 Å². The number of carbonyl (C=O) groups is 2. The van der Waals surface area contributed by atoms with Crippen molar-refractivity contribution in [1.82, 2.24) is 5.32 Å². The summed E-state index contributed by atoms with van der Waals surface area (Å²) >= 11 is 0. The first-order chi connectivity index (χ1) is 11.9. The number of para-hydroxylation sites is 1. The average molecular weight is 369 g/mol. The van der Waals surface area contributed by atoms with E-state index < -0.39 is 32.0 Å². The lowest BCUT2D eigenvalue weighted by atomic mass is 10.0. The van der Waals surface area contributed by atoms with E-state index in [0.717, 1.165) is 20.3 Å². The number of aliphatic hydroxyl groups excluding tert-OH is 1. The summed E-state index contributed by atoms with van der Waals surface area (Å²) in [7, 11) is -1.56. The number of hydrogen-bond acceptors (Lipinski definition) is 8. The first-order valence-corrected chi connectivity index (χ1v) is 8.75. The van der Waals surface area contributed by atoms with Crippen molar-refractivity contribution in [2.24, 2.45) is 0 Å². The maximum atomic E-state index is 12.5. The number of benzene rings is 1. The molecule has 0 spiro atoms. The van der Waals surface area contributed by atoms with Crippen LogP contribution in [-0.4, -0.2) is 49.3 Å². The van der Waals surface area contributed by atoms with Gasteiger partial charge in [-0.3, -0.25) is 18.6 Å². The Balaban J connectivity index is 1.81. The molecule has 0 bridgehead atoms. The van der Waals surface area contributed by atoms with Gasteiger partial charge in [-0.2, -0.15) is 0 Å². The minimum absolute atomic E-state index is 0.0243. The normalized spacial score (nSPS) is 25.0. The van der Waals surface area contributed by atoms with Crippen LogP contribution in [0.1, 0.15) is 10.4 Å². The minimum atomic E-state index is -3.86. The molecule has 0 radical (unpaired) electrons. The van der Waals surface area contributed by atoms with Crippen LogP contribution in [0.4, 0.5) is 0 Å². The summed E-state index contributed by atoms with van der Waals surface area (Å²) in [5, 5.41) is 12.5. The van der Waals surface area contributed by atoms with Crippen molar-refractivity contribution in [3.8, 4) is 5.75 Å². The fourth-order valence-electron chi connectivity index (χ4n) is 2.40. The number of ketones is 1. The molecule has 3 rings (SSSR count). The Labute approximate surface area is 143 Å². The monoisotopic (exact) mass is 369 g/mol. The van der Waals surface area contributed by atoms with Crippen molar-refractivity contribution < 1.29 is 37.6 Å². The third kappa shape index (κ3) is 3.51. The van der Waals surface area contributed by atoms with E-state index in [2.05, 4.69) is 5.32 Å². The van der Waals surface area contributed by atoms with Gasteiger partial charge < -0.3 is 19.7 Å². The molecule has 1 aliphatic heterocycles. The van der Waals surface area contributed by atoms with Gasteiger partial charge in [0, 0.05) is 20.3 Å². The highest BCUT2D eigenvalue weighted by molar-refractivity contribution is 7.48. The van der Waals surface area contributed by atoms with Crippen LogP contribution in [0.2, 0.25) is 0 Å². The highest BCUT2D eigenvalue weighted by atomic mass is 31.2. The van der Waals surface area contributed by atoms with Gasteiger partial charge in [-0.15, -0.1) is 0 Å². The quantitative estimate of drug-likeness (QED) is 0.557. The molecule has 0 saturated carbocycles. The molecule has 1 amide bonds. The van der Waals surface area contributed by atoms with Gasteiger partial charge in [0.05, 0.1) is 11.3 Å². The maximum absolute atomic E-state index is 12.5. The van der Waals surface area contributed by atoms with E-state index in [1.165, 1.54) is 12.1 Å². The second-order valence-corrected chi connectivity index (χ2v) is 7.13. The van der Waals surface area contributed by atoms with Crippen molar-refractivity contribution in [3.63, 3.8) is 0 Å². The van der Waals surface area contributed by atoms with Crippen LogP contribution >= 0.6 is 7.82 Å². The summed E-state index contributed by atoms with van der Waals surface area (Å²) in [5.74, 6) is -1.02. The summed E-state index contributed by atoms with van der Waals surface area (Å²) in [6.45, 7) is 0. The molecular formula is C15H16NO8P. The van der Waals surface area contributed by atoms with Crippen LogP contribution in [0.15, 0.2) is 36.0 Å². The van der Waals surface area contributed by atoms with Crippen LogP contribution in [0, 0.1) is 0 Å². The van der Waals surface area contributed by atoms with Gasteiger partial charge in [0.2, 0.25) is 0 Å². The van der Waals surface area contributed by atoms with Crippen LogP contribution in [0.5, 0.6) is 5.75 Å². The van der Waals surface area contributed by atoms with Gasteiger partial charge in [0.1, 0.15) is 24.1 Å². The van der Waals surface area contributed by atoms with Crippen molar-refractivity contribution in [3.05, 3.63) is 41.6 Å². The van der Waals surface area contributed by atoms with Gasteiger partial charge >= 0.3 is 7.82 Å². The number of epoxide rings is 1. The predicted octanol–water partition coefficient (Wildman–Crippen LogP) is 0.791. The van der Waals surface area contributed by atoms with E-state index in [1.807, 2.05) is 0 Å². The Bertz CT molecular complexity index is 783. The SMILES string of the molecule is COP(=O)(OC)Oc1ccccc1C(=O)NC1=CC(=O)C2OC2C1O. The Morgan fingerprint density at radius 3 is 2.64 bits per heavy atom. The molecule has 3 atom stereocenters. The van der Waals surface area contributed by atoms with Crippen LogP contribution in [-0.2, 0) is 23.1 Å². The predicted molar refractivity (Wildman–Crippen MR) is 83.9 cm³/mol. The lowest BCUT2D eigenvalue weighted by molar-refractivity contribution is -0.116. The number of hydrogen-bond donors (Lipinski definition) is 2. The van der Waals surface area contributed by atoms with Crippen molar-refractivity contribution in [1.29, 1.82) is 0 Å². The molecular weight excluding hydrogens is 353 g/mol. The second kappa shape index (κ2) is 6.70. The summed E-state index contributed by atoms with van der Waals surface area (Å²) in [6.07, 6.45) is -1.25. The third-order valence-electron chi connectivity index (χ3n) is 3.78. The fourth-order valence-corrected chi connectivity index (χ4v) is 3.10. The molecule has 134 valence electrons. The van der Waals surface area contributed by atoms with E-state index in [9.17, 15) is 19.3 Å². The van der Waals surface area contributed by atoms with E-state index >= 15 is 0 Å². The van der Waals surface area contributed by atoms with E-state index in [4.69, 9.17) is 18.3 Å². The number of amides is 1. The second-order valence-electron chi connectivity index (χ2n) is 5.32. The molecule has 0 aromatic heterocycles. The molecule has 1 fully saturated rings. The standard InChI is InChI=1S/C15H16NO8P/c1-21-25(20,22-2)24-11-6-4-3-5-8(11)15(19)16-9-7-10(17)13-14(23-13)12(9)18/h3-7,12-14,18H,1-2H3,(H,16,19).